The maximum Gasteiger partial charge on any atom is 0.317 e. The SMILES string of the molecule is CCC(C)C1C(=O)OC(=O)C1CC(CC(C)C(C)OO)C(OO)C(C)(C)CC. The van der Waals surface area contributed by atoms with Gasteiger partial charge in [0.1, 0.15) is 6.10 Å². The van der Waals surface area contributed by atoms with Crippen LogP contribution in [0.15, 0.2) is 0 Å². The maximum atomic E-state index is 12.4. The van der Waals surface area contributed by atoms with E-state index in [1.807, 2.05) is 41.5 Å². The third-order valence-electron chi connectivity index (χ3n) is 6.89. The molecule has 2 N–H and O–H groups in total. The molecule has 7 nitrogen and oxygen atoms in total. The van der Waals surface area contributed by atoms with Gasteiger partial charge in [-0.05, 0) is 49.4 Å². The van der Waals surface area contributed by atoms with Gasteiger partial charge in [0, 0.05) is 0 Å². The van der Waals surface area contributed by atoms with E-state index in [2.05, 4.69) is 4.89 Å². The monoisotopic (exact) mass is 402 g/mol. The van der Waals surface area contributed by atoms with Crippen LogP contribution in [0.5, 0.6) is 0 Å². The Hall–Kier alpha value is -1.02. The predicted octanol–water partition coefficient (Wildman–Crippen LogP) is 4.55. The van der Waals surface area contributed by atoms with Gasteiger partial charge in [0.2, 0.25) is 0 Å². The van der Waals surface area contributed by atoms with Gasteiger partial charge < -0.3 is 4.74 Å². The number of esters is 2. The summed E-state index contributed by atoms with van der Waals surface area (Å²) in [6.45, 7) is 13.7. The van der Waals surface area contributed by atoms with Crippen molar-refractivity contribution in [1.82, 2.24) is 0 Å². The van der Waals surface area contributed by atoms with Crippen molar-refractivity contribution in [2.24, 2.45) is 35.0 Å². The molecule has 7 heteroatoms. The van der Waals surface area contributed by atoms with Crippen molar-refractivity contribution in [2.45, 2.75) is 86.4 Å². The number of ether oxygens (including phenoxy) is 1. The zero-order chi connectivity index (χ0) is 21.6. The molecule has 0 aromatic rings. The van der Waals surface area contributed by atoms with E-state index in [1.54, 1.807) is 6.92 Å². The molecule has 28 heavy (non-hydrogen) atoms. The molecule has 164 valence electrons. The lowest BCUT2D eigenvalue weighted by atomic mass is 9.69. The first-order valence-electron chi connectivity index (χ1n) is 10.4. The molecule has 7 unspecified atom stereocenters. The van der Waals surface area contributed by atoms with Gasteiger partial charge in [-0.25, -0.2) is 9.78 Å². The summed E-state index contributed by atoms with van der Waals surface area (Å²) < 4.78 is 4.96. The molecule has 0 radical (unpaired) electrons. The first-order chi connectivity index (χ1) is 13.0. The smallest absolute Gasteiger partial charge is 0.317 e. The highest BCUT2D eigenvalue weighted by Gasteiger charge is 2.49. The molecular weight excluding hydrogens is 364 g/mol. The fourth-order valence-corrected chi connectivity index (χ4v) is 4.19. The second kappa shape index (κ2) is 10.7. The average Bonchev–Trinajstić information content (AvgIpc) is 2.93. The molecule has 1 aliphatic heterocycles. The largest absolute Gasteiger partial charge is 0.393 e. The Morgan fingerprint density at radius 2 is 1.68 bits per heavy atom. The summed E-state index contributed by atoms with van der Waals surface area (Å²) in [5.74, 6) is -2.24. The summed E-state index contributed by atoms with van der Waals surface area (Å²) in [4.78, 5) is 34.1. The van der Waals surface area contributed by atoms with Crippen molar-refractivity contribution in [3.63, 3.8) is 0 Å². The Kier molecular flexibility index (Phi) is 9.53. The molecule has 0 amide bonds. The zero-order valence-electron chi connectivity index (χ0n) is 18.3. The van der Waals surface area contributed by atoms with Gasteiger partial charge in [-0.2, -0.15) is 0 Å². The Bertz CT molecular complexity index is 519. The molecule has 0 aromatic carbocycles. The fourth-order valence-electron chi connectivity index (χ4n) is 4.19. The van der Waals surface area contributed by atoms with Gasteiger partial charge in [-0.3, -0.25) is 20.1 Å². The van der Waals surface area contributed by atoms with Crippen molar-refractivity contribution in [3.8, 4) is 0 Å². The third kappa shape index (κ3) is 5.75. The number of hydrogen-bond donors (Lipinski definition) is 2. The average molecular weight is 403 g/mol. The third-order valence-corrected chi connectivity index (χ3v) is 6.89. The Balaban J connectivity index is 3.19. The minimum atomic E-state index is -0.560. The predicted molar refractivity (Wildman–Crippen MR) is 104 cm³/mol. The van der Waals surface area contributed by atoms with E-state index in [9.17, 15) is 14.8 Å². The van der Waals surface area contributed by atoms with Crippen molar-refractivity contribution >= 4 is 11.9 Å². The van der Waals surface area contributed by atoms with Crippen LogP contribution >= 0.6 is 0 Å². The summed E-state index contributed by atoms with van der Waals surface area (Å²) in [6, 6.07) is 0. The quantitative estimate of drug-likeness (QED) is 0.214. The molecule has 1 fully saturated rings. The van der Waals surface area contributed by atoms with E-state index < -0.39 is 36.0 Å². The van der Waals surface area contributed by atoms with Gasteiger partial charge in [0.05, 0.1) is 17.9 Å². The van der Waals surface area contributed by atoms with Gasteiger partial charge in [0.25, 0.3) is 0 Å². The Labute approximate surface area is 168 Å². The van der Waals surface area contributed by atoms with Crippen LogP contribution in [-0.2, 0) is 24.1 Å². The van der Waals surface area contributed by atoms with Crippen LogP contribution in [0.4, 0.5) is 0 Å². The van der Waals surface area contributed by atoms with Crippen LogP contribution in [0.2, 0.25) is 0 Å². The summed E-state index contributed by atoms with van der Waals surface area (Å²) in [5, 5.41) is 18.7. The lowest BCUT2D eigenvalue weighted by molar-refractivity contribution is -0.319. The van der Waals surface area contributed by atoms with E-state index in [0.29, 0.717) is 12.8 Å². The van der Waals surface area contributed by atoms with E-state index in [-0.39, 0.29) is 23.2 Å². The lowest BCUT2D eigenvalue weighted by Crippen LogP contribution is -2.41. The van der Waals surface area contributed by atoms with Crippen LogP contribution in [0.25, 0.3) is 0 Å². The van der Waals surface area contributed by atoms with Gasteiger partial charge >= 0.3 is 11.9 Å². The van der Waals surface area contributed by atoms with Crippen LogP contribution in [0.1, 0.15) is 74.1 Å². The molecule has 1 saturated heterocycles. The number of rotatable bonds is 12. The summed E-state index contributed by atoms with van der Waals surface area (Å²) in [6.07, 6.45) is 1.51. The highest BCUT2D eigenvalue weighted by molar-refractivity contribution is 5.96. The molecule has 0 aliphatic carbocycles. The molecule has 7 atom stereocenters. The molecular formula is C21H38O7. The van der Waals surface area contributed by atoms with E-state index in [0.717, 1.165) is 12.8 Å². The van der Waals surface area contributed by atoms with Crippen molar-refractivity contribution in [3.05, 3.63) is 0 Å². The summed E-state index contributed by atoms with van der Waals surface area (Å²) in [5.41, 5.74) is -0.346. The minimum absolute atomic E-state index is 0.0226. The number of cyclic esters (lactones) is 2. The molecule has 0 aromatic heterocycles. The van der Waals surface area contributed by atoms with Crippen molar-refractivity contribution in [1.29, 1.82) is 0 Å². The zero-order valence-corrected chi connectivity index (χ0v) is 18.3. The van der Waals surface area contributed by atoms with Crippen LogP contribution in [0, 0.1) is 35.0 Å². The molecule has 1 aliphatic rings. The van der Waals surface area contributed by atoms with Crippen molar-refractivity contribution < 1.29 is 34.6 Å². The van der Waals surface area contributed by atoms with E-state index in [4.69, 9.17) is 14.9 Å². The first-order valence-corrected chi connectivity index (χ1v) is 10.4. The molecule has 1 rings (SSSR count). The van der Waals surface area contributed by atoms with Gasteiger partial charge in [0.15, 0.2) is 0 Å². The maximum absolute atomic E-state index is 12.4. The highest BCUT2D eigenvalue weighted by Crippen LogP contribution is 2.42. The summed E-state index contributed by atoms with van der Waals surface area (Å²) in [7, 11) is 0. The van der Waals surface area contributed by atoms with Crippen LogP contribution in [0.3, 0.4) is 0 Å². The first kappa shape index (κ1) is 25.0. The molecule has 0 spiro atoms. The van der Waals surface area contributed by atoms with Crippen molar-refractivity contribution in [2.75, 3.05) is 0 Å². The van der Waals surface area contributed by atoms with Crippen LogP contribution < -0.4 is 0 Å². The second-order valence-electron chi connectivity index (χ2n) is 9.15. The van der Waals surface area contributed by atoms with Gasteiger partial charge in [-0.1, -0.05) is 48.0 Å². The van der Waals surface area contributed by atoms with E-state index in [1.165, 1.54) is 0 Å². The number of hydrogen-bond acceptors (Lipinski definition) is 7. The minimum Gasteiger partial charge on any atom is -0.393 e. The highest BCUT2D eigenvalue weighted by atomic mass is 17.1. The second-order valence-corrected chi connectivity index (χ2v) is 9.15. The van der Waals surface area contributed by atoms with Gasteiger partial charge in [-0.15, -0.1) is 0 Å². The standard InChI is InChI=1S/C21H38O7/c1-8-12(3)17-16(19(22)26-20(17)23)11-15(10-13(4)14(5)27-24)18(28-25)21(6,7)9-2/h12-18,24-25H,8-11H2,1-7H3. The van der Waals surface area contributed by atoms with Crippen LogP contribution in [-0.4, -0.2) is 34.7 Å². The number of carbonyl (C=O) groups is 2. The van der Waals surface area contributed by atoms with E-state index >= 15 is 0 Å². The fraction of sp³-hybridized carbons (Fsp3) is 0.905. The lowest BCUT2D eigenvalue weighted by Gasteiger charge is -2.39. The number of carbonyl (C=O) groups excluding carboxylic acids is 2. The molecule has 1 heterocycles. The topological polar surface area (TPSA) is 102 Å². The normalized spacial score (nSPS) is 25.9. The summed E-state index contributed by atoms with van der Waals surface area (Å²) >= 11 is 0. The Morgan fingerprint density at radius 1 is 1.07 bits per heavy atom. The molecule has 0 saturated carbocycles. The Morgan fingerprint density at radius 3 is 2.14 bits per heavy atom. The molecule has 0 bridgehead atoms.